The lowest BCUT2D eigenvalue weighted by atomic mass is 10.0. The van der Waals surface area contributed by atoms with Gasteiger partial charge in [-0.3, -0.25) is 0 Å². The van der Waals surface area contributed by atoms with Gasteiger partial charge < -0.3 is 15.4 Å². The van der Waals surface area contributed by atoms with Crippen molar-refractivity contribution in [1.29, 1.82) is 0 Å². The normalized spacial score (nSPS) is 26.1. The maximum Gasteiger partial charge on any atom is 0.0726 e. The molecule has 2 unspecified atom stereocenters. The molecule has 3 heteroatoms. The molecule has 2 N–H and O–H groups in total. The number of hydrogen-bond acceptors (Lipinski definition) is 3. The van der Waals surface area contributed by atoms with Crippen molar-refractivity contribution in [3.8, 4) is 0 Å². The first-order valence-electron chi connectivity index (χ1n) is 6.86. The van der Waals surface area contributed by atoms with E-state index in [2.05, 4.69) is 49.9 Å². The third-order valence-corrected chi connectivity index (χ3v) is 3.54. The first-order chi connectivity index (χ1) is 8.61. The van der Waals surface area contributed by atoms with Crippen molar-refractivity contribution < 1.29 is 4.74 Å². The van der Waals surface area contributed by atoms with Crippen molar-refractivity contribution in [2.24, 2.45) is 5.73 Å². The highest BCUT2D eigenvalue weighted by molar-refractivity contribution is 5.55. The summed E-state index contributed by atoms with van der Waals surface area (Å²) in [6, 6.07) is 8.60. The lowest BCUT2D eigenvalue weighted by Gasteiger charge is -2.38. The number of ether oxygens (including phenoxy) is 1. The zero-order chi connectivity index (χ0) is 13.1. The molecule has 0 aromatic heterocycles. The summed E-state index contributed by atoms with van der Waals surface area (Å²) in [6.45, 7) is 8.28. The van der Waals surface area contributed by atoms with Gasteiger partial charge in [-0.1, -0.05) is 25.1 Å². The quantitative estimate of drug-likeness (QED) is 0.894. The van der Waals surface area contributed by atoms with E-state index in [1.54, 1.807) is 0 Å². The standard InChI is InChI=1S/C15H24N2O/c1-4-14(16)13-7-5-6-8-15(13)17-9-11(2)18-12(3)10-17/h5-8,11-12,14H,4,9-10,16H2,1-3H3/t11?,12?,14-/m1/s1. The molecule has 3 nitrogen and oxygen atoms in total. The first-order valence-corrected chi connectivity index (χ1v) is 6.86. The van der Waals surface area contributed by atoms with Gasteiger partial charge in [0.25, 0.3) is 0 Å². The monoisotopic (exact) mass is 248 g/mol. The molecule has 0 amide bonds. The van der Waals surface area contributed by atoms with Crippen LogP contribution < -0.4 is 10.6 Å². The fraction of sp³-hybridized carbons (Fsp3) is 0.600. The number of nitrogens with zero attached hydrogens (tertiary/aromatic N) is 1. The highest BCUT2D eigenvalue weighted by Crippen LogP contribution is 2.29. The van der Waals surface area contributed by atoms with Crippen LogP contribution in [0.2, 0.25) is 0 Å². The fourth-order valence-corrected chi connectivity index (χ4v) is 2.68. The second-order valence-electron chi connectivity index (χ2n) is 5.24. The Balaban J connectivity index is 2.26. The van der Waals surface area contributed by atoms with Crippen LogP contribution in [0, 0.1) is 0 Å². The highest BCUT2D eigenvalue weighted by atomic mass is 16.5. The topological polar surface area (TPSA) is 38.5 Å². The summed E-state index contributed by atoms with van der Waals surface area (Å²) in [5, 5.41) is 0. The van der Waals surface area contributed by atoms with Gasteiger partial charge in [-0.05, 0) is 31.9 Å². The molecule has 1 saturated heterocycles. The maximum atomic E-state index is 6.21. The lowest BCUT2D eigenvalue weighted by Crippen LogP contribution is -2.46. The van der Waals surface area contributed by atoms with Gasteiger partial charge in [0.1, 0.15) is 0 Å². The third-order valence-electron chi connectivity index (χ3n) is 3.54. The Morgan fingerprint density at radius 1 is 1.28 bits per heavy atom. The van der Waals surface area contributed by atoms with E-state index in [-0.39, 0.29) is 18.2 Å². The lowest BCUT2D eigenvalue weighted by molar-refractivity contribution is -0.00528. The molecule has 1 heterocycles. The zero-order valence-corrected chi connectivity index (χ0v) is 11.6. The number of hydrogen-bond donors (Lipinski definition) is 1. The average molecular weight is 248 g/mol. The second kappa shape index (κ2) is 5.72. The molecular weight excluding hydrogens is 224 g/mol. The third kappa shape index (κ3) is 2.85. The Labute approximate surface area is 110 Å². The van der Waals surface area contributed by atoms with Crippen molar-refractivity contribution >= 4 is 5.69 Å². The molecule has 0 aliphatic carbocycles. The molecule has 1 aromatic carbocycles. The van der Waals surface area contributed by atoms with E-state index in [0.717, 1.165) is 19.5 Å². The molecule has 1 fully saturated rings. The SMILES string of the molecule is CC[C@@H](N)c1ccccc1N1CC(C)OC(C)C1. The Kier molecular flexibility index (Phi) is 4.25. The van der Waals surface area contributed by atoms with Gasteiger partial charge in [0, 0.05) is 24.8 Å². The predicted octanol–water partition coefficient (Wildman–Crippen LogP) is 2.71. The van der Waals surface area contributed by atoms with Crippen LogP contribution in [0.25, 0.3) is 0 Å². The number of morpholine rings is 1. The summed E-state index contributed by atoms with van der Waals surface area (Å²) >= 11 is 0. The van der Waals surface area contributed by atoms with E-state index >= 15 is 0 Å². The van der Waals surface area contributed by atoms with Crippen LogP contribution in [-0.4, -0.2) is 25.3 Å². The minimum atomic E-state index is 0.120. The van der Waals surface area contributed by atoms with E-state index in [4.69, 9.17) is 10.5 Å². The summed E-state index contributed by atoms with van der Waals surface area (Å²) in [7, 11) is 0. The number of anilines is 1. The van der Waals surface area contributed by atoms with Crippen LogP contribution in [-0.2, 0) is 4.74 Å². The molecule has 1 aromatic rings. The molecule has 3 atom stereocenters. The van der Waals surface area contributed by atoms with Crippen LogP contribution in [0.4, 0.5) is 5.69 Å². The average Bonchev–Trinajstić information content (AvgIpc) is 2.36. The van der Waals surface area contributed by atoms with Crippen molar-refractivity contribution in [2.45, 2.75) is 45.4 Å². The van der Waals surface area contributed by atoms with Crippen molar-refractivity contribution in [3.05, 3.63) is 29.8 Å². The van der Waals surface area contributed by atoms with Crippen LogP contribution in [0.1, 0.15) is 38.8 Å². The molecule has 0 bridgehead atoms. The second-order valence-corrected chi connectivity index (χ2v) is 5.24. The van der Waals surface area contributed by atoms with Crippen LogP contribution in [0.15, 0.2) is 24.3 Å². The maximum absolute atomic E-state index is 6.21. The Morgan fingerprint density at radius 3 is 2.50 bits per heavy atom. The Hall–Kier alpha value is -1.06. The molecule has 2 rings (SSSR count). The zero-order valence-electron chi connectivity index (χ0n) is 11.6. The molecule has 0 saturated carbocycles. The van der Waals surface area contributed by atoms with E-state index in [1.807, 2.05) is 0 Å². The van der Waals surface area contributed by atoms with Crippen LogP contribution in [0.3, 0.4) is 0 Å². The van der Waals surface area contributed by atoms with Crippen molar-refractivity contribution in [2.75, 3.05) is 18.0 Å². The summed E-state index contributed by atoms with van der Waals surface area (Å²) in [6.07, 6.45) is 1.52. The highest BCUT2D eigenvalue weighted by Gasteiger charge is 2.24. The summed E-state index contributed by atoms with van der Waals surface area (Å²) in [4.78, 5) is 2.41. The largest absolute Gasteiger partial charge is 0.372 e. The summed E-state index contributed by atoms with van der Waals surface area (Å²) in [5.74, 6) is 0. The smallest absolute Gasteiger partial charge is 0.0726 e. The number of benzene rings is 1. The van der Waals surface area contributed by atoms with Crippen molar-refractivity contribution in [1.82, 2.24) is 0 Å². The van der Waals surface area contributed by atoms with Gasteiger partial charge in [-0.2, -0.15) is 0 Å². The van der Waals surface area contributed by atoms with E-state index in [1.165, 1.54) is 11.3 Å². The van der Waals surface area contributed by atoms with Gasteiger partial charge in [-0.25, -0.2) is 0 Å². The molecule has 0 radical (unpaired) electrons. The minimum absolute atomic E-state index is 0.120. The number of rotatable bonds is 3. The molecular formula is C15H24N2O. The van der Waals surface area contributed by atoms with Crippen LogP contribution in [0.5, 0.6) is 0 Å². The van der Waals surface area contributed by atoms with Crippen LogP contribution >= 0.6 is 0 Å². The number of para-hydroxylation sites is 1. The molecule has 1 aliphatic rings. The van der Waals surface area contributed by atoms with Crippen molar-refractivity contribution in [3.63, 3.8) is 0 Å². The molecule has 18 heavy (non-hydrogen) atoms. The predicted molar refractivity (Wildman–Crippen MR) is 75.9 cm³/mol. The van der Waals surface area contributed by atoms with E-state index in [9.17, 15) is 0 Å². The Morgan fingerprint density at radius 2 is 1.89 bits per heavy atom. The van der Waals surface area contributed by atoms with Gasteiger partial charge in [0.15, 0.2) is 0 Å². The minimum Gasteiger partial charge on any atom is -0.372 e. The van der Waals surface area contributed by atoms with Gasteiger partial charge in [0.2, 0.25) is 0 Å². The molecule has 0 spiro atoms. The number of nitrogens with two attached hydrogens (primary N) is 1. The van der Waals surface area contributed by atoms with E-state index in [0.29, 0.717) is 0 Å². The Bertz CT molecular complexity index is 384. The molecule has 1 aliphatic heterocycles. The first kappa shape index (κ1) is 13.4. The summed E-state index contributed by atoms with van der Waals surface area (Å²) < 4.78 is 5.79. The van der Waals surface area contributed by atoms with Gasteiger partial charge in [-0.15, -0.1) is 0 Å². The molecule has 100 valence electrons. The van der Waals surface area contributed by atoms with Gasteiger partial charge >= 0.3 is 0 Å². The summed E-state index contributed by atoms with van der Waals surface area (Å²) in [5.41, 5.74) is 8.74. The fourth-order valence-electron chi connectivity index (χ4n) is 2.68. The van der Waals surface area contributed by atoms with Gasteiger partial charge in [0.05, 0.1) is 12.2 Å². The van der Waals surface area contributed by atoms with E-state index < -0.39 is 0 Å².